The summed E-state index contributed by atoms with van der Waals surface area (Å²) in [5.41, 5.74) is -5.56. The van der Waals surface area contributed by atoms with Crippen molar-refractivity contribution in [3.8, 4) is 0 Å². The van der Waals surface area contributed by atoms with E-state index in [1.54, 1.807) is 0 Å². The lowest BCUT2D eigenvalue weighted by Crippen LogP contribution is -2.51. The third kappa shape index (κ3) is 3.95. The van der Waals surface area contributed by atoms with E-state index in [0.717, 1.165) is 53.9 Å². The highest BCUT2D eigenvalue weighted by Crippen LogP contribution is 2.71. The zero-order valence-corrected chi connectivity index (χ0v) is 23.9. The number of nitrogens with zero attached hydrogens (tertiary/aromatic N) is 4. The quantitative estimate of drug-likeness (QED) is 0.400. The summed E-state index contributed by atoms with van der Waals surface area (Å²) >= 11 is 5.91. The molecule has 2 aliphatic carbocycles. The Morgan fingerprint density at radius 3 is 2.40 bits per heavy atom. The van der Waals surface area contributed by atoms with Gasteiger partial charge < -0.3 is 10.2 Å². The lowest BCUT2D eigenvalue weighted by Gasteiger charge is -2.35. The van der Waals surface area contributed by atoms with Crippen molar-refractivity contribution in [3.63, 3.8) is 0 Å². The average Bonchev–Trinajstić information content (AvgIpc) is 3.11. The molecule has 0 spiro atoms. The van der Waals surface area contributed by atoms with E-state index in [-0.39, 0.29) is 46.3 Å². The first kappa shape index (κ1) is 29.0. The molecule has 2 saturated carbocycles. The number of halogens is 7. The highest BCUT2D eigenvalue weighted by molar-refractivity contribution is 7.91. The fourth-order valence-electron chi connectivity index (χ4n) is 6.17. The second kappa shape index (κ2) is 8.74. The second-order valence-electron chi connectivity index (χ2n) is 11.7. The van der Waals surface area contributed by atoms with Crippen LogP contribution in [-0.4, -0.2) is 65.1 Å². The van der Waals surface area contributed by atoms with E-state index in [4.69, 9.17) is 11.6 Å². The van der Waals surface area contributed by atoms with Gasteiger partial charge >= 0.3 is 6.18 Å². The van der Waals surface area contributed by atoms with E-state index in [9.17, 15) is 26.4 Å². The van der Waals surface area contributed by atoms with Gasteiger partial charge in [0, 0.05) is 24.9 Å². The Kier molecular flexibility index (Phi) is 6.04. The third-order valence-electron chi connectivity index (χ3n) is 9.00. The first-order valence-corrected chi connectivity index (χ1v) is 15.2. The van der Waals surface area contributed by atoms with Crippen molar-refractivity contribution in [3.05, 3.63) is 52.7 Å². The van der Waals surface area contributed by atoms with Crippen molar-refractivity contribution in [2.24, 2.45) is 5.41 Å². The maximum atomic E-state index is 15.6. The average molecular weight is 636 g/mol. The maximum Gasteiger partial charge on any atom is 0.401 e. The number of aromatic nitrogens is 3. The molecular formula is C26H24ClF6N5O3S. The van der Waals surface area contributed by atoms with Crippen LogP contribution in [0.3, 0.4) is 0 Å². The highest BCUT2D eigenvalue weighted by atomic mass is 35.5. The number of nitrogens with one attached hydrogen (secondary N) is 1. The largest absolute Gasteiger partial charge is 0.401 e. The molecule has 2 fully saturated rings. The van der Waals surface area contributed by atoms with Crippen LogP contribution in [0.15, 0.2) is 30.5 Å². The summed E-state index contributed by atoms with van der Waals surface area (Å²) in [6.45, 7) is 1.25. The molecule has 2 aromatic heterocycles. The summed E-state index contributed by atoms with van der Waals surface area (Å²) in [5, 5.41) is 5.68. The van der Waals surface area contributed by atoms with Gasteiger partial charge in [-0.25, -0.2) is 31.1 Å². The molecule has 1 amide bonds. The standard InChI is InChI=1S/C26H24ClF6N5O3S/c1-23(26(31,32)33)11-37(17-10-34-19-9-18(27)36-38(19)21(17)23)16-5-4-12(6-15(16)28)20-24(2,25(20,29)30)22(39)35-13-7-14(8-13)42(3,40)41/h4-6,9-10,13-14,20H,7-8,11H2,1-3H3,(H,35,39). The van der Waals surface area contributed by atoms with Crippen molar-refractivity contribution in [1.82, 2.24) is 19.9 Å². The van der Waals surface area contributed by atoms with Crippen molar-refractivity contribution in [2.45, 2.75) is 61.4 Å². The number of carbonyl (C=O) groups is 1. The number of benzene rings is 1. The van der Waals surface area contributed by atoms with E-state index in [1.165, 1.54) is 6.07 Å². The SMILES string of the molecule is CC1(C(F)(F)F)CN(c2ccc(C3C(F)(F)C3(C)C(=O)NC3CC(S(C)(=O)=O)C3)cc2F)c2cnc3cc(Cl)nn3c21. The predicted molar refractivity (Wildman–Crippen MR) is 140 cm³/mol. The lowest BCUT2D eigenvalue weighted by atomic mass is 9.87. The summed E-state index contributed by atoms with van der Waals surface area (Å²) in [5.74, 6) is -7.29. The minimum absolute atomic E-state index is 0.0640. The summed E-state index contributed by atoms with van der Waals surface area (Å²) in [4.78, 5) is 18.1. The smallest absolute Gasteiger partial charge is 0.353 e. The molecule has 0 bridgehead atoms. The molecule has 3 heterocycles. The summed E-state index contributed by atoms with van der Waals surface area (Å²) < 4.78 is 113. The van der Waals surface area contributed by atoms with Crippen molar-refractivity contribution < 1.29 is 39.6 Å². The normalized spacial score (nSPS) is 30.2. The molecule has 3 unspecified atom stereocenters. The minimum atomic E-state index is -4.79. The number of alkyl halides is 5. The van der Waals surface area contributed by atoms with E-state index in [0.29, 0.717) is 0 Å². The van der Waals surface area contributed by atoms with Gasteiger partial charge in [-0.2, -0.15) is 18.3 Å². The third-order valence-corrected chi connectivity index (χ3v) is 10.8. The Balaban J connectivity index is 1.30. The molecule has 226 valence electrons. The van der Waals surface area contributed by atoms with Crippen LogP contribution in [0.1, 0.15) is 43.9 Å². The number of rotatable bonds is 5. The van der Waals surface area contributed by atoms with Crippen LogP contribution in [0.4, 0.5) is 37.7 Å². The van der Waals surface area contributed by atoms with E-state index >= 15 is 13.2 Å². The number of amides is 1. The number of hydrogen-bond donors (Lipinski definition) is 1. The number of hydrogen-bond acceptors (Lipinski definition) is 6. The zero-order chi connectivity index (χ0) is 30.8. The molecule has 6 rings (SSSR count). The molecule has 8 nitrogen and oxygen atoms in total. The van der Waals surface area contributed by atoms with E-state index < -0.39 is 68.2 Å². The fourth-order valence-corrected chi connectivity index (χ4v) is 7.51. The Labute approximate surface area is 240 Å². The second-order valence-corrected chi connectivity index (χ2v) is 14.4. The topological polar surface area (TPSA) is 96.7 Å². The van der Waals surface area contributed by atoms with E-state index in [1.807, 2.05) is 0 Å². The van der Waals surface area contributed by atoms with Crippen molar-refractivity contribution in [1.29, 1.82) is 0 Å². The summed E-state index contributed by atoms with van der Waals surface area (Å²) in [7, 11) is -3.31. The first-order chi connectivity index (χ1) is 19.3. The zero-order valence-electron chi connectivity index (χ0n) is 22.3. The number of fused-ring (bicyclic) bond motifs is 3. The molecule has 1 aromatic carbocycles. The fraction of sp³-hybridized carbons (Fsp3) is 0.500. The number of sulfone groups is 1. The Morgan fingerprint density at radius 2 is 1.81 bits per heavy atom. The van der Waals surface area contributed by atoms with Crippen LogP contribution in [0.2, 0.25) is 5.15 Å². The highest BCUT2D eigenvalue weighted by Gasteiger charge is 2.82. The molecule has 3 atom stereocenters. The number of anilines is 2. The van der Waals surface area contributed by atoms with Crippen LogP contribution in [-0.2, 0) is 20.0 Å². The van der Waals surface area contributed by atoms with Gasteiger partial charge in [0.1, 0.15) is 26.5 Å². The van der Waals surface area contributed by atoms with Gasteiger partial charge in [0.05, 0.1) is 34.4 Å². The van der Waals surface area contributed by atoms with Gasteiger partial charge in [-0.3, -0.25) is 4.79 Å². The first-order valence-electron chi connectivity index (χ1n) is 12.9. The van der Waals surface area contributed by atoms with Gasteiger partial charge in [-0.1, -0.05) is 17.7 Å². The molecule has 3 aromatic rings. The van der Waals surface area contributed by atoms with Gasteiger partial charge in [0.15, 0.2) is 10.8 Å². The van der Waals surface area contributed by atoms with Crippen LogP contribution in [0, 0.1) is 11.2 Å². The van der Waals surface area contributed by atoms with Gasteiger partial charge in [0.25, 0.3) is 5.92 Å². The molecule has 16 heteroatoms. The van der Waals surface area contributed by atoms with Crippen LogP contribution in [0.25, 0.3) is 5.65 Å². The van der Waals surface area contributed by atoms with Crippen molar-refractivity contribution >= 4 is 44.4 Å². The van der Waals surface area contributed by atoms with Crippen LogP contribution < -0.4 is 10.2 Å². The Hall–Kier alpha value is -3.07. The Morgan fingerprint density at radius 1 is 1.14 bits per heavy atom. The lowest BCUT2D eigenvalue weighted by molar-refractivity contribution is -0.181. The van der Waals surface area contributed by atoms with Crippen molar-refractivity contribution in [2.75, 3.05) is 17.7 Å². The van der Waals surface area contributed by atoms with Crippen LogP contribution in [0.5, 0.6) is 0 Å². The molecule has 1 aliphatic heterocycles. The molecule has 0 radical (unpaired) electrons. The molecule has 0 saturated heterocycles. The molecular weight excluding hydrogens is 612 g/mol. The molecule has 42 heavy (non-hydrogen) atoms. The van der Waals surface area contributed by atoms with Crippen LogP contribution >= 0.6 is 11.6 Å². The van der Waals surface area contributed by atoms with E-state index in [2.05, 4.69) is 15.4 Å². The van der Waals surface area contributed by atoms with Gasteiger partial charge in [-0.05, 0) is 44.4 Å². The predicted octanol–water partition coefficient (Wildman–Crippen LogP) is 4.92. The molecule has 1 N–H and O–H groups in total. The number of carbonyl (C=O) groups excluding carboxylic acids is 1. The van der Waals surface area contributed by atoms with Gasteiger partial charge in [0.2, 0.25) is 5.91 Å². The summed E-state index contributed by atoms with van der Waals surface area (Å²) in [6, 6.07) is 3.78. The Bertz CT molecular complexity index is 1760. The summed E-state index contributed by atoms with van der Waals surface area (Å²) in [6.07, 6.45) is -2.35. The van der Waals surface area contributed by atoms with Gasteiger partial charge in [-0.15, -0.1) is 0 Å². The maximum absolute atomic E-state index is 15.6. The minimum Gasteiger partial charge on any atom is -0.353 e. The molecule has 3 aliphatic rings. The monoisotopic (exact) mass is 635 g/mol.